The largest absolute Gasteiger partial charge is 0.445 e. The number of hydrogen-bond donors (Lipinski definition) is 0. The highest BCUT2D eigenvalue weighted by Gasteiger charge is 2.43. The third-order valence-electron chi connectivity index (χ3n) is 7.27. The van der Waals surface area contributed by atoms with Gasteiger partial charge in [0.2, 0.25) is 6.04 Å². The molecule has 1 amide bonds. The fourth-order valence-corrected chi connectivity index (χ4v) is 4.54. The number of ether oxygens (including phenoxy) is 2. The number of nitro groups is 1. The van der Waals surface area contributed by atoms with Crippen molar-refractivity contribution in [2.75, 3.05) is 13.2 Å². The van der Waals surface area contributed by atoms with Gasteiger partial charge >= 0.3 is 18.4 Å². The van der Waals surface area contributed by atoms with E-state index in [4.69, 9.17) is 9.47 Å². The molecule has 0 N–H and O–H groups in total. The first kappa shape index (κ1) is 34.4. The van der Waals surface area contributed by atoms with Gasteiger partial charge in [-0.25, -0.2) is 4.79 Å². The third kappa shape index (κ3) is 8.71. The number of rotatable bonds is 12. The Bertz CT molecular complexity index is 1370. The van der Waals surface area contributed by atoms with Crippen LogP contribution >= 0.6 is 0 Å². The van der Waals surface area contributed by atoms with Crippen LogP contribution in [0.5, 0.6) is 0 Å². The Morgan fingerprint density at radius 2 is 1.41 bits per heavy atom. The molecule has 3 rings (SSSR count). The fraction of sp³-hybridized carbons (Fsp3) is 0.387. The Morgan fingerprint density at radius 3 is 1.89 bits per heavy atom. The number of carbonyl (C=O) groups excluding carboxylic acids is 1. The summed E-state index contributed by atoms with van der Waals surface area (Å²) < 4.78 is 92.3. The third-order valence-corrected chi connectivity index (χ3v) is 7.27. The Hall–Kier alpha value is -4.13. The van der Waals surface area contributed by atoms with Crippen molar-refractivity contribution in [2.45, 2.75) is 63.8 Å². The lowest BCUT2D eigenvalue weighted by molar-refractivity contribution is -0.523. The highest BCUT2D eigenvalue weighted by molar-refractivity contribution is 5.69. The maximum atomic E-state index is 13.6. The molecule has 3 atom stereocenters. The van der Waals surface area contributed by atoms with Gasteiger partial charge in [0.05, 0.1) is 35.9 Å². The molecule has 7 nitrogen and oxygen atoms in total. The van der Waals surface area contributed by atoms with E-state index in [0.717, 1.165) is 4.90 Å². The van der Waals surface area contributed by atoms with Crippen LogP contribution in [0.25, 0.3) is 0 Å². The molecule has 1 unspecified atom stereocenters. The monoisotopic (exact) mass is 626 g/mol. The Morgan fingerprint density at radius 1 is 0.886 bits per heavy atom. The SMILES string of the molecule is CCC(CN(C(=O)OCc1ccccc1)[C@](C)(CO[C@H](C)c1cc(C(F)(F)F)cc(C(F)(F)F)c1)c1ccccc1)[N+](=O)[O-]. The van der Waals surface area contributed by atoms with Crippen molar-refractivity contribution >= 4 is 6.09 Å². The van der Waals surface area contributed by atoms with Crippen LogP contribution in [-0.2, 0) is 34.0 Å². The molecule has 13 heteroatoms. The van der Waals surface area contributed by atoms with E-state index in [2.05, 4.69) is 0 Å². The summed E-state index contributed by atoms with van der Waals surface area (Å²) in [5.74, 6) is 0. The zero-order valence-electron chi connectivity index (χ0n) is 24.2. The molecule has 0 aliphatic rings. The van der Waals surface area contributed by atoms with E-state index in [-0.39, 0.29) is 19.1 Å². The predicted octanol–water partition coefficient (Wildman–Crippen LogP) is 8.41. The standard InChI is InChI=1S/C31H32F6N2O5/c1-4-27(39(41)42)18-38(28(40)43-19-22-11-7-5-8-12-22)29(3,24-13-9-6-10-14-24)20-44-21(2)23-15-25(30(32,33)34)17-26(16-23)31(35,36)37/h5-17,21,27H,4,18-20H2,1-3H3/t21-,27?,29-/m1/s1. The van der Waals surface area contributed by atoms with E-state index in [0.29, 0.717) is 23.3 Å². The Balaban J connectivity index is 2.02. The lowest BCUT2D eigenvalue weighted by Crippen LogP contribution is -2.54. The highest BCUT2D eigenvalue weighted by Crippen LogP contribution is 2.39. The maximum absolute atomic E-state index is 13.6. The Labute approximate surface area is 250 Å². The quantitative estimate of drug-likeness (QED) is 0.115. The molecule has 0 fully saturated rings. The maximum Gasteiger partial charge on any atom is 0.416 e. The summed E-state index contributed by atoms with van der Waals surface area (Å²) in [6, 6.07) is 16.9. The second-order valence-corrected chi connectivity index (χ2v) is 10.4. The van der Waals surface area contributed by atoms with Crippen molar-refractivity contribution in [3.8, 4) is 0 Å². The van der Waals surface area contributed by atoms with E-state index in [1.54, 1.807) is 74.5 Å². The number of halogens is 6. The van der Waals surface area contributed by atoms with Crippen molar-refractivity contribution in [3.05, 3.63) is 117 Å². The molecule has 0 heterocycles. The molecule has 3 aromatic rings. The second kappa shape index (κ2) is 14.1. The van der Waals surface area contributed by atoms with Gasteiger partial charge in [-0.05, 0) is 48.7 Å². The molecule has 0 radical (unpaired) electrons. The highest BCUT2D eigenvalue weighted by atomic mass is 19.4. The summed E-state index contributed by atoms with van der Waals surface area (Å²) >= 11 is 0. The van der Waals surface area contributed by atoms with Gasteiger partial charge in [-0.3, -0.25) is 15.0 Å². The van der Waals surface area contributed by atoms with E-state index in [1.807, 2.05) is 0 Å². The number of carbonyl (C=O) groups is 1. The molecule has 0 spiro atoms. The van der Waals surface area contributed by atoms with E-state index < -0.39 is 70.9 Å². The smallest absolute Gasteiger partial charge is 0.416 e. The average Bonchev–Trinajstić information content (AvgIpc) is 2.98. The lowest BCUT2D eigenvalue weighted by Gasteiger charge is -2.41. The summed E-state index contributed by atoms with van der Waals surface area (Å²) in [7, 11) is 0. The molecule has 0 aliphatic carbocycles. The van der Waals surface area contributed by atoms with Crippen LogP contribution in [0.15, 0.2) is 78.9 Å². The zero-order valence-corrected chi connectivity index (χ0v) is 24.2. The minimum atomic E-state index is -5.05. The van der Waals surface area contributed by atoms with Crippen LogP contribution in [0.2, 0.25) is 0 Å². The summed E-state index contributed by atoms with van der Waals surface area (Å²) in [6.07, 6.45) is -12.3. The molecule has 3 aromatic carbocycles. The van der Waals surface area contributed by atoms with Gasteiger partial charge in [0.1, 0.15) is 6.61 Å². The molecule has 0 aliphatic heterocycles. The van der Waals surface area contributed by atoms with Gasteiger partial charge in [-0.1, -0.05) is 67.6 Å². The number of hydrogen-bond acceptors (Lipinski definition) is 5. The summed E-state index contributed by atoms with van der Waals surface area (Å²) in [6.45, 7) is 3.37. The van der Waals surface area contributed by atoms with Gasteiger partial charge < -0.3 is 9.47 Å². The van der Waals surface area contributed by atoms with Crippen molar-refractivity contribution in [3.63, 3.8) is 0 Å². The van der Waals surface area contributed by atoms with Crippen LogP contribution < -0.4 is 0 Å². The first-order valence-corrected chi connectivity index (χ1v) is 13.6. The van der Waals surface area contributed by atoms with E-state index >= 15 is 0 Å². The first-order valence-electron chi connectivity index (χ1n) is 13.6. The minimum Gasteiger partial charge on any atom is -0.445 e. The molecule has 0 saturated heterocycles. The number of alkyl halides is 6. The molecule has 0 saturated carbocycles. The molecule has 0 aromatic heterocycles. The fourth-order valence-electron chi connectivity index (χ4n) is 4.54. The van der Waals surface area contributed by atoms with E-state index in [9.17, 15) is 41.3 Å². The lowest BCUT2D eigenvalue weighted by atomic mass is 9.90. The number of nitrogens with zero attached hydrogens (tertiary/aromatic N) is 2. The molecule has 44 heavy (non-hydrogen) atoms. The number of amides is 1. The second-order valence-electron chi connectivity index (χ2n) is 10.4. The average molecular weight is 627 g/mol. The van der Waals surface area contributed by atoms with Crippen LogP contribution in [0.1, 0.15) is 61.1 Å². The van der Waals surface area contributed by atoms with Gasteiger partial charge in [0, 0.05) is 11.3 Å². The molecule has 238 valence electrons. The summed E-state index contributed by atoms with van der Waals surface area (Å²) in [5, 5.41) is 11.8. The van der Waals surface area contributed by atoms with Crippen LogP contribution in [-0.4, -0.2) is 35.1 Å². The van der Waals surface area contributed by atoms with Crippen molar-refractivity contribution in [1.82, 2.24) is 4.90 Å². The molecule has 0 bridgehead atoms. The minimum absolute atomic E-state index is 0.0251. The molecular weight excluding hydrogens is 594 g/mol. The predicted molar refractivity (Wildman–Crippen MR) is 149 cm³/mol. The normalized spacial score (nSPS) is 14.8. The van der Waals surface area contributed by atoms with Gasteiger partial charge in [0.25, 0.3) is 0 Å². The molecular formula is C31H32F6N2O5. The van der Waals surface area contributed by atoms with Crippen molar-refractivity contribution in [1.29, 1.82) is 0 Å². The van der Waals surface area contributed by atoms with E-state index in [1.165, 1.54) is 6.92 Å². The summed E-state index contributed by atoms with van der Waals surface area (Å²) in [4.78, 5) is 26.0. The number of benzene rings is 3. The summed E-state index contributed by atoms with van der Waals surface area (Å²) in [5.41, 5.74) is -3.78. The first-order chi connectivity index (χ1) is 20.6. The topological polar surface area (TPSA) is 81.9 Å². The Kier molecular flexibility index (Phi) is 11.0. The van der Waals surface area contributed by atoms with Crippen LogP contribution in [0, 0.1) is 10.1 Å². The van der Waals surface area contributed by atoms with Crippen LogP contribution in [0.3, 0.4) is 0 Å². The zero-order chi connectivity index (χ0) is 32.7. The van der Waals surface area contributed by atoms with Crippen LogP contribution in [0.4, 0.5) is 31.1 Å². The van der Waals surface area contributed by atoms with Gasteiger partial charge in [-0.15, -0.1) is 0 Å². The van der Waals surface area contributed by atoms with Crippen molar-refractivity contribution in [2.24, 2.45) is 0 Å². The van der Waals surface area contributed by atoms with Crippen molar-refractivity contribution < 1.29 is 45.5 Å². The van der Waals surface area contributed by atoms with Gasteiger partial charge in [-0.2, -0.15) is 26.3 Å². The van der Waals surface area contributed by atoms with Gasteiger partial charge in [0.15, 0.2) is 0 Å².